The van der Waals surface area contributed by atoms with Crippen LogP contribution in [0.15, 0.2) is 6.07 Å². The van der Waals surface area contributed by atoms with Crippen molar-refractivity contribution in [2.75, 3.05) is 5.75 Å². The molecule has 1 heterocycles. The van der Waals surface area contributed by atoms with E-state index in [1.165, 1.54) is 18.7 Å². The van der Waals surface area contributed by atoms with Gasteiger partial charge in [0, 0.05) is 30.7 Å². The molecular weight excluding hydrogens is 266 g/mol. The minimum Gasteiger partial charge on any atom is -0.480 e. The maximum Gasteiger partial charge on any atom is 0.327 e. The zero-order valence-electron chi connectivity index (χ0n) is 11.3. The summed E-state index contributed by atoms with van der Waals surface area (Å²) in [5.41, 5.74) is 2.02. The molecule has 1 aromatic rings. The Bertz CT molecular complexity index is 459. The van der Waals surface area contributed by atoms with Gasteiger partial charge in [0.1, 0.15) is 6.04 Å². The number of aromatic nitrogens is 2. The minimum absolute atomic E-state index is 0.331. The quantitative estimate of drug-likeness (QED) is 0.782. The standard InChI is InChI=1S/C12H19N3O3S/c1-4-15-10(5-8(2)14-15)6-19-7-11(12(17)18)13-9(3)16/h5,11H,4,6-7H2,1-3H3,(H,13,16)(H,17,18)/t11-/m0/s1. The second-order valence-electron chi connectivity index (χ2n) is 4.20. The van der Waals surface area contributed by atoms with Crippen LogP contribution >= 0.6 is 11.8 Å². The van der Waals surface area contributed by atoms with E-state index in [-0.39, 0.29) is 5.91 Å². The van der Waals surface area contributed by atoms with Crippen molar-refractivity contribution in [1.82, 2.24) is 15.1 Å². The van der Waals surface area contributed by atoms with Gasteiger partial charge in [-0.3, -0.25) is 9.48 Å². The average molecular weight is 285 g/mol. The number of hydrogen-bond donors (Lipinski definition) is 2. The van der Waals surface area contributed by atoms with E-state index < -0.39 is 12.0 Å². The van der Waals surface area contributed by atoms with Gasteiger partial charge in [0.05, 0.1) is 5.69 Å². The van der Waals surface area contributed by atoms with E-state index >= 15 is 0 Å². The Morgan fingerprint density at radius 2 is 2.26 bits per heavy atom. The molecule has 0 aliphatic carbocycles. The Morgan fingerprint density at radius 1 is 1.58 bits per heavy atom. The number of aliphatic carboxylic acids is 1. The van der Waals surface area contributed by atoms with Gasteiger partial charge in [0.2, 0.25) is 5.91 Å². The molecule has 1 atom stereocenters. The van der Waals surface area contributed by atoms with Crippen molar-refractivity contribution in [2.24, 2.45) is 0 Å². The Morgan fingerprint density at radius 3 is 2.79 bits per heavy atom. The number of rotatable bonds is 7. The number of nitrogens with one attached hydrogen (secondary N) is 1. The number of nitrogens with zero attached hydrogens (tertiary/aromatic N) is 2. The lowest BCUT2D eigenvalue weighted by Gasteiger charge is -2.12. The first-order valence-corrected chi connectivity index (χ1v) is 7.20. The molecule has 1 amide bonds. The zero-order valence-corrected chi connectivity index (χ0v) is 12.2. The van der Waals surface area contributed by atoms with E-state index in [0.29, 0.717) is 11.5 Å². The van der Waals surface area contributed by atoms with Gasteiger partial charge < -0.3 is 10.4 Å². The summed E-state index contributed by atoms with van der Waals surface area (Å²) < 4.78 is 1.90. The maximum atomic E-state index is 11.0. The van der Waals surface area contributed by atoms with Crippen LogP contribution in [0.5, 0.6) is 0 Å². The number of hydrogen-bond acceptors (Lipinski definition) is 4. The van der Waals surface area contributed by atoms with Gasteiger partial charge in [0.25, 0.3) is 0 Å². The number of amides is 1. The first-order chi connectivity index (χ1) is 8.93. The molecule has 1 rings (SSSR count). The first-order valence-electron chi connectivity index (χ1n) is 6.05. The van der Waals surface area contributed by atoms with Gasteiger partial charge in [-0.15, -0.1) is 0 Å². The highest BCUT2D eigenvalue weighted by Crippen LogP contribution is 2.14. The molecule has 0 spiro atoms. The predicted molar refractivity (Wildman–Crippen MR) is 74.0 cm³/mol. The van der Waals surface area contributed by atoms with E-state index in [1.54, 1.807) is 0 Å². The van der Waals surface area contributed by atoms with Crippen molar-refractivity contribution < 1.29 is 14.7 Å². The lowest BCUT2D eigenvalue weighted by molar-refractivity contribution is -0.140. The fourth-order valence-electron chi connectivity index (χ4n) is 1.69. The molecule has 106 valence electrons. The van der Waals surface area contributed by atoms with Crippen molar-refractivity contribution >= 4 is 23.6 Å². The molecule has 0 aliphatic heterocycles. The summed E-state index contributed by atoms with van der Waals surface area (Å²) in [4.78, 5) is 21.9. The number of aryl methyl sites for hydroxylation is 2. The molecule has 19 heavy (non-hydrogen) atoms. The normalized spacial score (nSPS) is 12.2. The Hall–Kier alpha value is -1.50. The van der Waals surface area contributed by atoms with Crippen LogP contribution < -0.4 is 5.32 Å². The lowest BCUT2D eigenvalue weighted by Crippen LogP contribution is -2.41. The monoisotopic (exact) mass is 285 g/mol. The van der Waals surface area contributed by atoms with Crippen molar-refractivity contribution in [3.63, 3.8) is 0 Å². The van der Waals surface area contributed by atoms with Gasteiger partial charge in [0.15, 0.2) is 0 Å². The van der Waals surface area contributed by atoms with Gasteiger partial charge >= 0.3 is 5.97 Å². The molecule has 2 N–H and O–H groups in total. The molecule has 0 bridgehead atoms. The third-order valence-electron chi connectivity index (χ3n) is 2.50. The Labute approximate surface area is 116 Å². The molecule has 7 heteroatoms. The third-order valence-corrected chi connectivity index (χ3v) is 3.56. The third kappa shape index (κ3) is 4.94. The van der Waals surface area contributed by atoms with E-state index in [1.807, 2.05) is 24.6 Å². The number of carboxylic acids is 1. The summed E-state index contributed by atoms with van der Waals surface area (Å²) in [5, 5.41) is 15.7. The van der Waals surface area contributed by atoms with E-state index in [0.717, 1.165) is 17.9 Å². The molecule has 0 unspecified atom stereocenters. The van der Waals surface area contributed by atoms with Crippen LogP contribution in [0.2, 0.25) is 0 Å². The minimum atomic E-state index is -1.01. The summed E-state index contributed by atoms with van der Waals surface area (Å²) in [6.07, 6.45) is 0. The SMILES string of the molecule is CCn1nc(C)cc1CSC[C@H](NC(C)=O)C(=O)O. The predicted octanol–water partition coefficient (Wildman–Crippen LogP) is 1.03. The molecule has 6 nitrogen and oxygen atoms in total. The van der Waals surface area contributed by atoms with E-state index in [4.69, 9.17) is 5.11 Å². The maximum absolute atomic E-state index is 11.0. The van der Waals surface area contributed by atoms with Crippen molar-refractivity contribution in [2.45, 2.75) is 39.1 Å². The first kappa shape index (κ1) is 15.6. The molecule has 0 aliphatic rings. The summed E-state index contributed by atoms with van der Waals surface area (Å²) in [7, 11) is 0. The molecule has 0 radical (unpaired) electrons. The van der Waals surface area contributed by atoms with E-state index in [9.17, 15) is 9.59 Å². The van der Waals surface area contributed by atoms with Gasteiger partial charge in [-0.1, -0.05) is 0 Å². The zero-order chi connectivity index (χ0) is 14.4. The second-order valence-corrected chi connectivity index (χ2v) is 5.23. The van der Waals surface area contributed by atoms with Crippen LogP contribution in [0, 0.1) is 6.92 Å². The van der Waals surface area contributed by atoms with Crippen molar-refractivity contribution in [1.29, 1.82) is 0 Å². The molecule has 1 aromatic heterocycles. The highest BCUT2D eigenvalue weighted by atomic mass is 32.2. The summed E-state index contributed by atoms with van der Waals surface area (Å²) in [6, 6.07) is 1.15. The average Bonchev–Trinajstić information content (AvgIpc) is 2.67. The van der Waals surface area contributed by atoms with Gasteiger partial charge in [-0.25, -0.2) is 4.79 Å². The van der Waals surface area contributed by atoms with Gasteiger partial charge in [-0.2, -0.15) is 16.9 Å². The Balaban J connectivity index is 2.51. The number of carbonyl (C=O) groups excluding carboxylic acids is 1. The summed E-state index contributed by atoms with van der Waals surface area (Å²) >= 11 is 1.47. The van der Waals surface area contributed by atoms with Crippen LogP contribution in [0.4, 0.5) is 0 Å². The molecule has 0 saturated carbocycles. The van der Waals surface area contributed by atoms with Crippen LogP contribution in [0.3, 0.4) is 0 Å². The smallest absolute Gasteiger partial charge is 0.327 e. The van der Waals surface area contributed by atoms with Gasteiger partial charge in [-0.05, 0) is 19.9 Å². The highest BCUT2D eigenvalue weighted by Gasteiger charge is 2.18. The fraction of sp³-hybridized carbons (Fsp3) is 0.583. The van der Waals surface area contributed by atoms with Crippen molar-refractivity contribution in [3.8, 4) is 0 Å². The number of carbonyl (C=O) groups is 2. The topological polar surface area (TPSA) is 84.2 Å². The number of carboxylic acid groups (broad SMARTS) is 1. The van der Waals surface area contributed by atoms with Crippen LogP contribution in [0.25, 0.3) is 0 Å². The molecule has 0 saturated heterocycles. The number of thioether (sulfide) groups is 1. The second kappa shape index (κ2) is 7.18. The van der Waals surface area contributed by atoms with E-state index in [2.05, 4.69) is 10.4 Å². The largest absolute Gasteiger partial charge is 0.480 e. The molecular formula is C12H19N3O3S. The molecule has 0 aromatic carbocycles. The summed E-state index contributed by atoms with van der Waals surface area (Å²) in [6.45, 7) is 6.05. The van der Waals surface area contributed by atoms with Crippen LogP contribution in [-0.4, -0.2) is 38.6 Å². The highest BCUT2D eigenvalue weighted by molar-refractivity contribution is 7.98. The fourth-order valence-corrected chi connectivity index (χ4v) is 2.71. The van der Waals surface area contributed by atoms with Crippen molar-refractivity contribution in [3.05, 3.63) is 17.5 Å². The van der Waals surface area contributed by atoms with Crippen LogP contribution in [-0.2, 0) is 21.9 Å². The Kier molecular flexibility index (Phi) is 5.88. The van der Waals surface area contributed by atoms with Crippen LogP contribution in [0.1, 0.15) is 25.2 Å². The molecule has 0 fully saturated rings. The lowest BCUT2D eigenvalue weighted by atomic mass is 10.3. The summed E-state index contributed by atoms with van der Waals surface area (Å²) in [5.74, 6) is -0.328.